The van der Waals surface area contributed by atoms with Crippen LogP contribution in [0.5, 0.6) is 5.88 Å². The highest BCUT2D eigenvalue weighted by Gasteiger charge is 2.30. The van der Waals surface area contributed by atoms with Gasteiger partial charge < -0.3 is 10.5 Å². The van der Waals surface area contributed by atoms with Gasteiger partial charge in [0.25, 0.3) is 5.91 Å². The summed E-state index contributed by atoms with van der Waals surface area (Å²) in [7, 11) is 1.87. The minimum atomic E-state index is -0.511. The number of ether oxygens (including phenoxy) is 1. The van der Waals surface area contributed by atoms with Crippen LogP contribution in [0.15, 0.2) is 6.07 Å². The van der Waals surface area contributed by atoms with E-state index in [4.69, 9.17) is 10.5 Å². The van der Waals surface area contributed by atoms with E-state index in [1.165, 1.54) is 12.8 Å². The van der Waals surface area contributed by atoms with E-state index in [1.807, 2.05) is 20.0 Å². The van der Waals surface area contributed by atoms with Crippen LogP contribution in [0, 0.1) is 6.92 Å². The molecule has 0 aromatic carbocycles. The number of hydrogen-bond donors (Lipinski definition) is 1. The predicted octanol–water partition coefficient (Wildman–Crippen LogP) is 1.02. The number of carbonyl (C=O) groups excluding carboxylic acids is 1. The van der Waals surface area contributed by atoms with Gasteiger partial charge in [-0.3, -0.25) is 9.48 Å². The number of hydrogen-bond acceptors (Lipinski definition) is 4. The number of rotatable bonds is 4. The number of pyridine rings is 1. The second-order valence-corrected chi connectivity index (χ2v) is 5.01. The predicted molar refractivity (Wildman–Crippen MR) is 69.9 cm³/mol. The third kappa shape index (κ3) is 2.14. The standard InChI is InChI=1S/C13H16N4O2/c1-7-5-10(19-6-9(14)18)15-13-11(7)12(8-3-4-8)16-17(13)2/h5,8H,3-4,6H2,1-2H3,(H2,14,18). The van der Waals surface area contributed by atoms with E-state index in [9.17, 15) is 4.79 Å². The average molecular weight is 260 g/mol. The van der Waals surface area contributed by atoms with Crippen LogP contribution >= 0.6 is 0 Å². The molecule has 6 nitrogen and oxygen atoms in total. The van der Waals surface area contributed by atoms with Gasteiger partial charge in [0.05, 0.1) is 5.69 Å². The van der Waals surface area contributed by atoms with E-state index in [0.717, 1.165) is 22.3 Å². The average Bonchev–Trinajstić information content (AvgIpc) is 3.13. The molecule has 0 radical (unpaired) electrons. The Kier molecular flexibility index (Phi) is 2.66. The van der Waals surface area contributed by atoms with Crippen molar-refractivity contribution in [2.75, 3.05) is 6.61 Å². The normalized spacial score (nSPS) is 14.8. The maximum atomic E-state index is 10.7. The van der Waals surface area contributed by atoms with Crippen LogP contribution in [0.25, 0.3) is 11.0 Å². The molecule has 6 heteroatoms. The number of aromatic nitrogens is 3. The maximum absolute atomic E-state index is 10.7. The van der Waals surface area contributed by atoms with Crippen LogP contribution < -0.4 is 10.5 Å². The first-order valence-electron chi connectivity index (χ1n) is 6.31. The van der Waals surface area contributed by atoms with E-state index < -0.39 is 5.91 Å². The number of aryl methyl sites for hydroxylation is 2. The Balaban J connectivity index is 2.05. The Morgan fingerprint density at radius 1 is 1.58 bits per heavy atom. The van der Waals surface area contributed by atoms with Crippen molar-refractivity contribution in [2.24, 2.45) is 12.8 Å². The van der Waals surface area contributed by atoms with E-state index in [2.05, 4.69) is 10.1 Å². The maximum Gasteiger partial charge on any atom is 0.255 e. The van der Waals surface area contributed by atoms with Gasteiger partial charge >= 0.3 is 0 Å². The number of carbonyl (C=O) groups is 1. The number of fused-ring (bicyclic) bond motifs is 1. The van der Waals surface area contributed by atoms with Gasteiger partial charge in [0.15, 0.2) is 12.3 Å². The van der Waals surface area contributed by atoms with E-state index in [-0.39, 0.29) is 6.61 Å². The van der Waals surface area contributed by atoms with Crippen molar-refractivity contribution in [3.05, 3.63) is 17.3 Å². The number of primary amides is 1. The van der Waals surface area contributed by atoms with Crippen molar-refractivity contribution < 1.29 is 9.53 Å². The lowest BCUT2D eigenvalue weighted by atomic mass is 10.1. The van der Waals surface area contributed by atoms with Crippen molar-refractivity contribution in [1.82, 2.24) is 14.8 Å². The Bertz CT molecular complexity index is 658. The van der Waals surface area contributed by atoms with E-state index >= 15 is 0 Å². The molecule has 2 heterocycles. The SMILES string of the molecule is Cc1cc(OCC(N)=O)nc2c1c(C1CC1)nn2C. The monoisotopic (exact) mass is 260 g/mol. The molecule has 100 valence electrons. The third-order valence-corrected chi connectivity index (χ3v) is 3.32. The fraction of sp³-hybridized carbons (Fsp3) is 0.462. The van der Waals surface area contributed by atoms with Gasteiger partial charge in [0, 0.05) is 24.4 Å². The molecule has 3 rings (SSSR count). The molecule has 1 aliphatic carbocycles. The van der Waals surface area contributed by atoms with Crippen molar-refractivity contribution in [1.29, 1.82) is 0 Å². The van der Waals surface area contributed by atoms with Crippen LogP contribution in [0.1, 0.15) is 30.0 Å². The largest absolute Gasteiger partial charge is 0.468 e. The van der Waals surface area contributed by atoms with Crippen LogP contribution in [0.3, 0.4) is 0 Å². The van der Waals surface area contributed by atoms with Crippen molar-refractivity contribution >= 4 is 16.9 Å². The summed E-state index contributed by atoms with van der Waals surface area (Å²) in [5.74, 6) is 0.471. The highest BCUT2D eigenvalue weighted by Crippen LogP contribution is 2.43. The lowest BCUT2D eigenvalue weighted by Gasteiger charge is -2.05. The van der Waals surface area contributed by atoms with Gasteiger partial charge in [-0.15, -0.1) is 0 Å². The Morgan fingerprint density at radius 3 is 2.95 bits per heavy atom. The van der Waals surface area contributed by atoms with Gasteiger partial charge in [-0.25, -0.2) is 0 Å². The molecule has 2 aromatic rings. The zero-order chi connectivity index (χ0) is 13.6. The highest BCUT2D eigenvalue weighted by molar-refractivity contribution is 5.83. The van der Waals surface area contributed by atoms with Crippen LogP contribution in [-0.2, 0) is 11.8 Å². The van der Waals surface area contributed by atoms with Crippen LogP contribution in [-0.4, -0.2) is 27.3 Å². The molecule has 0 bridgehead atoms. The van der Waals surface area contributed by atoms with Gasteiger partial charge in [0.1, 0.15) is 0 Å². The molecule has 1 amide bonds. The lowest BCUT2D eigenvalue weighted by Crippen LogP contribution is -2.20. The summed E-state index contributed by atoms with van der Waals surface area (Å²) < 4.78 is 7.04. The van der Waals surface area contributed by atoms with Crippen molar-refractivity contribution in [2.45, 2.75) is 25.7 Å². The van der Waals surface area contributed by atoms with Crippen LogP contribution in [0.4, 0.5) is 0 Å². The zero-order valence-corrected chi connectivity index (χ0v) is 11.0. The summed E-state index contributed by atoms with van der Waals surface area (Å²) >= 11 is 0. The molecule has 0 aliphatic heterocycles. The summed E-state index contributed by atoms with van der Waals surface area (Å²) in [6, 6.07) is 1.83. The van der Waals surface area contributed by atoms with E-state index in [1.54, 1.807) is 4.68 Å². The Hall–Kier alpha value is -2.11. The molecule has 1 fully saturated rings. The topological polar surface area (TPSA) is 83.0 Å². The number of nitrogens with zero attached hydrogens (tertiary/aromatic N) is 3. The summed E-state index contributed by atoms with van der Waals surface area (Å²) in [6.07, 6.45) is 2.40. The molecule has 1 saturated carbocycles. The van der Waals surface area contributed by atoms with Crippen LogP contribution in [0.2, 0.25) is 0 Å². The second kappa shape index (κ2) is 4.22. The van der Waals surface area contributed by atoms with Crippen molar-refractivity contribution in [3.8, 4) is 5.88 Å². The van der Waals surface area contributed by atoms with Gasteiger partial charge in [-0.1, -0.05) is 0 Å². The molecule has 0 unspecified atom stereocenters. The molecule has 2 N–H and O–H groups in total. The quantitative estimate of drug-likeness (QED) is 0.889. The fourth-order valence-corrected chi connectivity index (χ4v) is 2.30. The minimum absolute atomic E-state index is 0.161. The minimum Gasteiger partial charge on any atom is -0.468 e. The van der Waals surface area contributed by atoms with Gasteiger partial charge in [-0.2, -0.15) is 10.1 Å². The molecule has 1 aliphatic rings. The Morgan fingerprint density at radius 2 is 2.32 bits per heavy atom. The molecule has 0 atom stereocenters. The first kappa shape index (κ1) is 12.0. The fourth-order valence-electron chi connectivity index (χ4n) is 2.30. The van der Waals surface area contributed by atoms with Crippen molar-refractivity contribution in [3.63, 3.8) is 0 Å². The summed E-state index contributed by atoms with van der Waals surface area (Å²) in [6.45, 7) is 1.85. The summed E-state index contributed by atoms with van der Waals surface area (Å²) in [5.41, 5.74) is 8.05. The summed E-state index contributed by atoms with van der Waals surface area (Å²) in [4.78, 5) is 15.2. The molecule has 0 spiro atoms. The molecular weight excluding hydrogens is 244 g/mol. The summed E-state index contributed by atoms with van der Waals surface area (Å²) in [5, 5.41) is 5.66. The molecule has 19 heavy (non-hydrogen) atoms. The zero-order valence-electron chi connectivity index (χ0n) is 11.0. The molecule has 0 saturated heterocycles. The van der Waals surface area contributed by atoms with E-state index in [0.29, 0.717) is 11.8 Å². The third-order valence-electron chi connectivity index (χ3n) is 3.32. The molecule has 2 aromatic heterocycles. The number of nitrogens with two attached hydrogens (primary N) is 1. The first-order chi connectivity index (χ1) is 9.06. The Labute approximate surface area is 110 Å². The van der Waals surface area contributed by atoms with Gasteiger partial charge in [0.2, 0.25) is 5.88 Å². The highest BCUT2D eigenvalue weighted by atomic mass is 16.5. The smallest absolute Gasteiger partial charge is 0.255 e. The van der Waals surface area contributed by atoms with Gasteiger partial charge in [-0.05, 0) is 25.3 Å². The lowest BCUT2D eigenvalue weighted by molar-refractivity contribution is -0.120. The molecular formula is C13H16N4O2. The number of amides is 1. The second-order valence-electron chi connectivity index (χ2n) is 5.01. The first-order valence-corrected chi connectivity index (χ1v) is 6.31.